The van der Waals surface area contributed by atoms with Gasteiger partial charge in [0.15, 0.2) is 0 Å². The Hall–Kier alpha value is -0.340. The van der Waals surface area contributed by atoms with Gasteiger partial charge in [0.25, 0.3) is 0 Å². The fourth-order valence-electron chi connectivity index (χ4n) is 1.94. The van der Waals surface area contributed by atoms with Gasteiger partial charge in [0.2, 0.25) is 0 Å². The van der Waals surface area contributed by atoms with Gasteiger partial charge in [0, 0.05) is 11.9 Å². The van der Waals surface area contributed by atoms with Crippen LogP contribution in [0.3, 0.4) is 0 Å². The minimum Gasteiger partial charge on any atom is -0.376 e. The van der Waals surface area contributed by atoms with Crippen molar-refractivity contribution >= 4 is 15.9 Å². The van der Waals surface area contributed by atoms with Crippen LogP contribution in [0.1, 0.15) is 38.3 Å². The molecule has 1 nitrogen and oxygen atoms in total. The first-order valence-corrected chi connectivity index (χ1v) is 7.78. The normalized spacial score (nSPS) is 13.6. The van der Waals surface area contributed by atoms with Gasteiger partial charge in [-0.25, -0.2) is 0 Å². The average molecular weight is 313 g/mol. The van der Waals surface area contributed by atoms with Crippen molar-refractivity contribution in [1.29, 1.82) is 0 Å². The number of benzene rings is 1. The van der Waals surface area contributed by atoms with Crippen molar-refractivity contribution in [3.8, 4) is 0 Å². The maximum absolute atomic E-state index is 5.80. The minimum absolute atomic E-state index is 0.0276. The Labute approximate surface area is 120 Å². The standard InChI is InChI=1S/C16H25BrO/c1-13-6-5-7-14(10-13)11-15(12-17)8-9-18-16(2,3)4/h5-7,10,15H,8-9,11-12H2,1-4H3. The molecule has 0 amide bonds. The molecule has 18 heavy (non-hydrogen) atoms. The van der Waals surface area contributed by atoms with Crippen LogP contribution in [0.15, 0.2) is 24.3 Å². The molecule has 0 fully saturated rings. The van der Waals surface area contributed by atoms with Crippen LogP contribution in [0.2, 0.25) is 0 Å². The van der Waals surface area contributed by atoms with Crippen LogP contribution in [-0.4, -0.2) is 17.5 Å². The molecule has 0 aromatic heterocycles. The molecule has 0 saturated heterocycles. The highest BCUT2D eigenvalue weighted by atomic mass is 79.9. The third kappa shape index (κ3) is 6.55. The van der Waals surface area contributed by atoms with Crippen molar-refractivity contribution in [2.45, 2.75) is 46.1 Å². The van der Waals surface area contributed by atoms with E-state index in [0.717, 1.165) is 24.8 Å². The van der Waals surface area contributed by atoms with E-state index in [1.807, 2.05) is 0 Å². The molecule has 0 N–H and O–H groups in total. The van der Waals surface area contributed by atoms with E-state index in [2.05, 4.69) is 67.9 Å². The third-order valence-corrected chi connectivity index (χ3v) is 3.80. The molecule has 1 aromatic carbocycles. The first kappa shape index (κ1) is 15.7. The van der Waals surface area contributed by atoms with Gasteiger partial charge in [-0.05, 0) is 52.0 Å². The average Bonchev–Trinajstić information content (AvgIpc) is 2.26. The van der Waals surface area contributed by atoms with Crippen LogP contribution in [0.4, 0.5) is 0 Å². The number of alkyl halides is 1. The Morgan fingerprint density at radius 3 is 2.56 bits per heavy atom. The predicted molar refractivity (Wildman–Crippen MR) is 82.5 cm³/mol. The molecule has 0 aliphatic rings. The van der Waals surface area contributed by atoms with Gasteiger partial charge >= 0.3 is 0 Å². The van der Waals surface area contributed by atoms with Crippen molar-refractivity contribution in [1.82, 2.24) is 0 Å². The second-order valence-corrected chi connectivity index (χ2v) is 6.61. The van der Waals surface area contributed by atoms with Crippen molar-refractivity contribution < 1.29 is 4.74 Å². The summed E-state index contributed by atoms with van der Waals surface area (Å²) in [5.74, 6) is 0.647. The summed E-state index contributed by atoms with van der Waals surface area (Å²) < 4.78 is 5.80. The van der Waals surface area contributed by atoms with Crippen LogP contribution in [0.25, 0.3) is 0 Å². The van der Waals surface area contributed by atoms with Crippen LogP contribution in [0, 0.1) is 12.8 Å². The quantitative estimate of drug-likeness (QED) is 0.688. The molecule has 1 rings (SSSR count). The number of halogens is 1. The van der Waals surface area contributed by atoms with E-state index in [9.17, 15) is 0 Å². The highest BCUT2D eigenvalue weighted by Crippen LogP contribution is 2.17. The van der Waals surface area contributed by atoms with E-state index in [0.29, 0.717) is 5.92 Å². The molecule has 0 heterocycles. The van der Waals surface area contributed by atoms with Crippen molar-refractivity contribution in [2.24, 2.45) is 5.92 Å². The van der Waals surface area contributed by atoms with Gasteiger partial charge in [0.05, 0.1) is 5.60 Å². The lowest BCUT2D eigenvalue weighted by atomic mass is 9.97. The second kappa shape index (κ2) is 7.30. The first-order chi connectivity index (χ1) is 8.40. The predicted octanol–water partition coefficient (Wildman–Crippen LogP) is 4.75. The molecular formula is C16H25BrO. The number of rotatable bonds is 6. The zero-order valence-electron chi connectivity index (χ0n) is 12.0. The maximum Gasteiger partial charge on any atom is 0.0598 e. The molecule has 0 bridgehead atoms. The lowest BCUT2D eigenvalue weighted by Gasteiger charge is -2.22. The minimum atomic E-state index is -0.0276. The summed E-state index contributed by atoms with van der Waals surface area (Å²) in [4.78, 5) is 0. The topological polar surface area (TPSA) is 9.23 Å². The zero-order valence-corrected chi connectivity index (χ0v) is 13.6. The number of aryl methyl sites for hydroxylation is 1. The highest BCUT2D eigenvalue weighted by Gasteiger charge is 2.13. The van der Waals surface area contributed by atoms with E-state index >= 15 is 0 Å². The molecular weight excluding hydrogens is 288 g/mol. The van der Waals surface area contributed by atoms with Crippen molar-refractivity contribution in [3.63, 3.8) is 0 Å². The van der Waals surface area contributed by atoms with E-state index in [1.165, 1.54) is 11.1 Å². The number of ether oxygens (including phenoxy) is 1. The van der Waals surface area contributed by atoms with Gasteiger partial charge < -0.3 is 4.74 Å². The highest BCUT2D eigenvalue weighted by molar-refractivity contribution is 9.09. The van der Waals surface area contributed by atoms with Gasteiger partial charge in [-0.3, -0.25) is 0 Å². The van der Waals surface area contributed by atoms with E-state index in [4.69, 9.17) is 4.74 Å². The summed E-state index contributed by atoms with van der Waals surface area (Å²) in [6.45, 7) is 9.31. The first-order valence-electron chi connectivity index (χ1n) is 6.66. The van der Waals surface area contributed by atoms with Crippen LogP contribution >= 0.6 is 15.9 Å². The Bertz CT molecular complexity index is 354. The molecule has 1 aromatic rings. The molecule has 0 aliphatic carbocycles. The summed E-state index contributed by atoms with van der Waals surface area (Å²) in [5, 5.41) is 1.04. The molecule has 2 heteroatoms. The Balaban J connectivity index is 2.42. The monoisotopic (exact) mass is 312 g/mol. The molecule has 1 unspecified atom stereocenters. The zero-order chi connectivity index (χ0) is 13.6. The van der Waals surface area contributed by atoms with Gasteiger partial charge in [-0.1, -0.05) is 45.8 Å². The molecule has 0 radical (unpaired) electrons. The Morgan fingerprint density at radius 2 is 2.00 bits per heavy atom. The van der Waals surface area contributed by atoms with Crippen LogP contribution < -0.4 is 0 Å². The second-order valence-electron chi connectivity index (χ2n) is 5.96. The Kier molecular flexibility index (Phi) is 6.37. The van der Waals surface area contributed by atoms with Crippen LogP contribution in [0.5, 0.6) is 0 Å². The number of hydrogen-bond acceptors (Lipinski definition) is 1. The summed E-state index contributed by atoms with van der Waals surface area (Å²) >= 11 is 3.62. The summed E-state index contributed by atoms with van der Waals surface area (Å²) in [7, 11) is 0. The fraction of sp³-hybridized carbons (Fsp3) is 0.625. The summed E-state index contributed by atoms with van der Waals surface area (Å²) in [5.41, 5.74) is 2.74. The van der Waals surface area contributed by atoms with E-state index < -0.39 is 0 Å². The molecule has 1 atom stereocenters. The smallest absolute Gasteiger partial charge is 0.0598 e. The summed E-state index contributed by atoms with van der Waals surface area (Å²) in [6.07, 6.45) is 2.23. The van der Waals surface area contributed by atoms with Crippen LogP contribution in [-0.2, 0) is 11.2 Å². The Morgan fingerprint density at radius 1 is 1.28 bits per heavy atom. The third-order valence-electron chi connectivity index (χ3n) is 2.89. The summed E-state index contributed by atoms with van der Waals surface area (Å²) in [6, 6.07) is 8.78. The fourth-order valence-corrected chi connectivity index (χ4v) is 2.49. The SMILES string of the molecule is Cc1cccc(CC(CBr)CCOC(C)(C)C)c1. The molecule has 0 saturated carbocycles. The van der Waals surface area contributed by atoms with E-state index in [1.54, 1.807) is 0 Å². The van der Waals surface area contributed by atoms with Crippen molar-refractivity contribution in [2.75, 3.05) is 11.9 Å². The van der Waals surface area contributed by atoms with E-state index in [-0.39, 0.29) is 5.60 Å². The largest absolute Gasteiger partial charge is 0.376 e. The van der Waals surface area contributed by atoms with Gasteiger partial charge in [0.1, 0.15) is 0 Å². The lowest BCUT2D eigenvalue weighted by molar-refractivity contribution is -0.00821. The molecule has 0 spiro atoms. The van der Waals surface area contributed by atoms with Gasteiger partial charge in [-0.2, -0.15) is 0 Å². The maximum atomic E-state index is 5.80. The van der Waals surface area contributed by atoms with Gasteiger partial charge in [-0.15, -0.1) is 0 Å². The molecule has 0 aliphatic heterocycles. The number of hydrogen-bond donors (Lipinski definition) is 0. The lowest BCUT2D eigenvalue weighted by Crippen LogP contribution is -2.21. The van der Waals surface area contributed by atoms with Crippen molar-refractivity contribution in [3.05, 3.63) is 35.4 Å². The molecule has 102 valence electrons.